The first-order chi connectivity index (χ1) is 6.58. The molecule has 90 valence electrons. The zero-order valence-corrected chi connectivity index (χ0v) is 7.05. The maximum absolute atomic E-state index is 12.4. The quantitative estimate of drug-likeness (QED) is 0.760. The first kappa shape index (κ1) is 12.5. The lowest BCUT2D eigenvalue weighted by molar-refractivity contribution is -0.433. The molecule has 0 unspecified atom stereocenters. The lowest BCUT2D eigenvalue weighted by atomic mass is 10.2. The molecule has 0 aromatic heterocycles. The number of hydrogen-bond donors (Lipinski definition) is 1. The van der Waals surface area contributed by atoms with Crippen molar-refractivity contribution in [2.75, 3.05) is 13.1 Å². The molecule has 0 aromatic rings. The van der Waals surface area contributed by atoms with E-state index in [2.05, 4.69) is 10.1 Å². The number of nitrogens with one attached hydrogen (secondary N) is 1. The highest BCUT2D eigenvalue weighted by atomic mass is 19.4. The van der Waals surface area contributed by atoms with Crippen molar-refractivity contribution in [2.24, 2.45) is 0 Å². The van der Waals surface area contributed by atoms with Crippen molar-refractivity contribution in [3.8, 4) is 0 Å². The molecular weight excluding hydrogens is 235 g/mol. The Bertz CT molecular complexity index is 234. The van der Waals surface area contributed by atoms with Crippen molar-refractivity contribution in [2.45, 2.75) is 24.3 Å². The van der Waals surface area contributed by atoms with Crippen molar-refractivity contribution in [1.82, 2.24) is 5.32 Å². The smallest absolute Gasteiger partial charge is 0.311 e. The third-order valence-corrected chi connectivity index (χ3v) is 1.78. The summed E-state index contributed by atoms with van der Waals surface area (Å²) in [5, 5.41) is 2.39. The molecule has 15 heavy (non-hydrogen) atoms. The minimum atomic E-state index is -6.34. The third-order valence-electron chi connectivity index (χ3n) is 1.78. The van der Waals surface area contributed by atoms with E-state index in [1.165, 1.54) is 0 Å². The van der Waals surface area contributed by atoms with Crippen LogP contribution in [0.4, 0.5) is 30.7 Å². The molecule has 0 radical (unpaired) electrons. The molecule has 1 fully saturated rings. The Morgan fingerprint density at radius 1 is 0.933 bits per heavy atom. The molecule has 1 rings (SSSR count). The number of hydrogen-bond acceptors (Lipinski definition) is 2. The molecule has 9 heteroatoms. The number of ether oxygens (including phenoxy) is 1. The fraction of sp³-hybridized carbons (Fsp3) is 1.00. The highest BCUT2D eigenvalue weighted by molar-refractivity contribution is 4.87. The van der Waals surface area contributed by atoms with Gasteiger partial charge in [-0.3, -0.25) is 0 Å². The maximum atomic E-state index is 12.4. The molecule has 2 nitrogen and oxygen atoms in total. The van der Waals surface area contributed by atoms with E-state index in [0.717, 1.165) is 0 Å². The largest absolute Gasteiger partial charge is 0.462 e. The molecule has 1 aliphatic rings. The Hall–Kier alpha value is -0.570. The normalized spacial score (nSPS) is 20.2. The standard InChI is InChI=1S/C6H6F7NO/c7-4(8,5(9,10)11)6(12,13)15-3-1-14-2-3/h3,14H,1-2H2. The Kier molecular flexibility index (Phi) is 2.90. The van der Waals surface area contributed by atoms with Crippen LogP contribution in [0.25, 0.3) is 0 Å². The molecule has 0 aromatic carbocycles. The van der Waals surface area contributed by atoms with Gasteiger partial charge < -0.3 is 10.1 Å². The SMILES string of the molecule is FC(F)(F)C(F)(F)C(F)(F)OC1CNC1. The molecule has 1 N–H and O–H groups in total. The summed E-state index contributed by atoms with van der Waals surface area (Å²) in [6, 6.07) is 0. The van der Waals surface area contributed by atoms with Crippen LogP contribution in [0.1, 0.15) is 0 Å². The van der Waals surface area contributed by atoms with Crippen LogP contribution in [0.15, 0.2) is 0 Å². The average molecular weight is 241 g/mol. The van der Waals surface area contributed by atoms with Gasteiger partial charge >= 0.3 is 18.2 Å². The number of alkyl halides is 7. The summed E-state index contributed by atoms with van der Waals surface area (Å²) in [7, 11) is 0. The van der Waals surface area contributed by atoms with E-state index in [-0.39, 0.29) is 13.1 Å². The van der Waals surface area contributed by atoms with Crippen molar-refractivity contribution in [1.29, 1.82) is 0 Å². The predicted molar refractivity (Wildman–Crippen MR) is 33.7 cm³/mol. The molecule has 0 aliphatic carbocycles. The zero-order chi connectivity index (χ0) is 11.9. The maximum Gasteiger partial charge on any atom is 0.462 e. The van der Waals surface area contributed by atoms with Crippen LogP contribution < -0.4 is 5.32 Å². The van der Waals surface area contributed by atoms with Crippen LogP contribution >= 0.6 is 0 Å². The average Bonchev–Trinajstić information content (AvgIpc) is 1.94. The van der Waals surface area contributed by atoms with Crippen LogP contribution in [0, 0.1) is 0 Å². The van der Waals surface area contributed by atoms with Crippen molar-refractivity contribution < 1.29 is 35.5 Å². The molecular formula is C6H6F7NO. The van der Waals surface area contributed by atoms with Gasteiger partial charge in [0.2, 0.25) is 0 Å². The molecule has 1 saturated heterocycles. The molecule has 1 aliphatic heterocycles. The van der Waals surface area contributed by atoms with Gasteiger partial charge in [-0.05, 0) is 0 Å². The van der Waals surface area contributed by atoms with Gasteiger partial charge in [0.15, 0.2) is 0 Å². The first-order valence-electron chi connectivity index (χ1n) is 3.79. The molecule has 0 atom stereocenters. The van der Waals surface area contributed by atoms with E-state index in [1.807, 2.05) is 0 Å². The van der Waals surface area contributed by atoms with Crippen molar-refractivity contribution in [3.63, 3.8) is 0 Å². The Morgan fingerprint density at radius 2 is 1.40 bits per heavy atom. The lowest BCUT2D eigenvalue weighted by Crippen LogP contribution is -2.59. The van der Waals surface area contributed by atoms with E-state index < -0.39 is 24.3 Å². The number of rotatable bonds is 3. The van der Waals surface area contributed by atoms with Gasteiger partial charge in [0.25, 0.3) is 0 Å². The van der Waals surface area contributed by atoms with Crippen LogP contribution in [-0.2, 0) is 4.74 Å². The van der Waals surface area contributed by atoms with Gasteiger partial charge in [-0.2, -0.15) is 30.7 Å². The lowest BCUT2D eigenvalue weighted by Gasteiger charge is -2.34. The summed E-state index contributed by atoms with van der Waals surface area (Å²) in [6.07, 6.45) is -13.2. The number of halogens is 7. The Labute approximate surface area is 79.4 Å². The van der Waals surface area contributed by atoms with Gasteiger partial charge in [0.1, 0.15) is 0 Å². The van der Waals surface area contributed by atoms with Gasteiger partial charge in [-0.1, -0.05) is 0 Å². The summed E-state index contributed by atoms with van der Waals surface area (Å²) >= 11 is 0. The fourth-order valence-electron chi connectivity index (χ4n) is 0.794. The first-order valence-corrected chi connectivity index (χ1v) is 3.79. The second-order valence-electron chi connectivity index (χ2n) is 2.99. The van der Waals surface area contributed by atoms with Crippen LogP contribution in [0.3, 0.4) is 0 Å². The molecule has 0 spiro atoms. The zero-order valence-electron chi connectivity index (χ0n) is 7.05. The van der Waals surface area contributed by atoms with Crippen LogP contribution in [0.5, 0.6) is 0 Å². The topological polar surface area (TPSA) is 21.3 Å². The molecule has 0 bridgehead atoms. The van der Waals surface area contributed by atoms with E-state index >= 15 is 0 Å². The van der Waals surface area contributed by atoms with Crippen LogP contribution in [-0.4, -0.2) is 37.4 Å². The monoisotopic (exact) mass is 241 g/mol. The van der Waals surface area contributed by atoms with Crippen molar-refractivity contribution >= 4 is 0 Å². The molecule has 0 amide bonds. The van der Waals surface area contributed by atoms with E-state index in [1.54, 1.807) is 0 Å². The summed E-state index contributed by atoms with van der Waals surface area (Å²) < 4.78 is 87.4. The summed E-state index contributed by atoms with van der Waals surface area (Å²) in [4.78, 5) is 0. The highest BCUT2D eigenvalue weighted by Gasteiger charge is 2.75. The van der Waals surface area contributed by atoms with Gasteiger partial charge in [0, 0.05) is 13.1 Å². The van der Waals surface area contributed by atoms with Gasteiger partial charge in [-0.15, -0.1) is 0 Å². The minimum absolute atomic E-state index is 0.177. The van der Waals surface area contributed by atoms with Crippen molar-refractivity contribution in [3.05, 3.63) is 0 Å². The van der Waals surface area contributed by atoms with Crippen LogP contribution in [0.2, 0.25) is 0 Å². The summed E-state index contributed by atoms with van der Waals surface area (Å²) in [5.41, 5.74) is 0. The van der Waals surface area contributed by atoms with E-state index in [9.17, 15) is 30.7 Å². The van der Waals surface area contributed by atoms with E-state index in [0.29, 0.717) is 0 Å². The van der Waals surface area contributed by atoms with Gasteiger partial charge in [-0.25, -0.2) is 0 Å². The molecule has 1 heterocycles. The van der Waals surface area contributed by atoms with Gasteiger partial charge in [0.05, 0.1) is 6.10 Å². The fourth-order valence-corrected chi connectivity index (χ4v) is 0.794. The summed E-state index contributed by atoms with van der Waals surface area (Å²) in [5.74, 6) is -6.18. The summed E-state index contributed by atoms with van der Waals surface area (Å²) in [6.45, 7) is -0.354. The highest BCUT2D eigenvalue weighted by Crippen LogP contribution is 2.47. The molecule has 0 saturated carbocycles. The second-order valence-corrected chi connectivity index (χ2v) is 2.99. The Balaban J connectivity index is 2.73. The minimum Gasteiger partial charge on any atom is -0.311 e. The Morgan fingerprint density at radius 3 is 1.67 bits per heavy atom. The third kappa shape index (κ3) is 2.17. The van der Waals surface area contributed by atoms with E-state index in [4.69, 9.17) is 0 Å². The predicted octanol–water partition coefficient (Wildman–Crippen LogP) is 1.77. The second kappa shape index (κ2) is 3.48.